The van der Waals surface area contributed by atoms with Gasteiger partial charge in [0, 0.05) is 37.3 Å². The average molecular weight is 622 g/mol. The molecule has 3 aromatic carbocycles. The summed E-state index contributed by atoms with van der Waals surface area (Å²) in [5.74, 6) is 1.61. The number of para-hydroxylation sites is 1. The van der Waals surface area contributed by atoms with Gasteiger partial charge in [0.05, 0.1) is 24.4 Å². The molecular weight excluding hydrogens is 588 g/mol. The Morgan fingerprint density at radius 2 is 1.66 bits per heavy atom. The second-order valence-electron chi connectivity index (χ2n) is 9.87. The summed E-state index contributed by atoms with van der Waals surface area (Å²) in [5.41, 5.74) is 2.34. The Kier molecular flexibility index (Phi) is 8.78. The van der Waals surface area contributed by atoms with E-state index < -0.39 is 6.17 Å². The molecule has 0 aromatic heterocycles. The van der Waals surface area contributed by atoms with Gasteiger partial charge >= 0.3 is 0 Å². The summed E-state index contributed by atoms with van der Waals surface area (Å²) >= 11 is 3.66. The number of nitrogens with zero attached hydrogens (tertiary/aromatic N) is 4. The van der Waals surface area contributed by atoms with Crippen LogP contribution in [-0.4, -0.2) is 56.3 Å². The van der Waals surface area contributed by atoms with Gasteiger partial charge in [-0.25, -0.2) is 5.01 Å². The highest BCUT2D eigenvalue weighted by Gasteiger charge is 2.40. The van der Waals surface area contributed by atoms with Gasteiger partial charge in [0.15, 0.2) is 35.9 Å². The van der Waals surface area contributed by atoms with Crippen LogP contribution in [-0.2, 0) is 9.59 Å². The third-order valence-electron chi connectivity index (χ3n) is 7.17. The van der Waals surface area contributed by atoms with Crippen molar-refractivity contribution in [2.24, 2.45) is 5.10 Å². The Morgan fingerprint density at radius 3 is 2.34 bits per heavy atom. The molecule has 0 aliphatic carbocycles. The summed E-state index contributed by atoms with van der Waals surface area (Å²) in [5, 5.41) is 6.61. The number of hydrogen-bond acceptors (Lipinski definition) is 8. The first-order valence-corrected chi connectivity index (χ1v) is 14.4. The number of Topliss-reactive ketones (excluding diaryl/α,β-unsaturated/α-hetero) is 1. The molecule has 1 fully saturated rings. The second-order valence-corrected chi connectivity index (χ2v) is 10.7. The molecule has 9 nitrogen and oxygen atoms in total. The highest BCUT2D eigenvalue weighted by atomic mass is 79.9. The molecule has 2 aliphatic heterocycles. The van der Waals surface area contributed by atoms with E-state index in [1.165, 1.54) is 6.92 Å². The Hall–Kier alpha value is -4.05. The molecule has 0 saturated carbocycles. The minimum atomic E-state index is -0.544. The van der Waals surface area contributed by atoms with E-state index in [1.807, 2.05) is 81.5 Å². The molecule has 10 heteroatoms. The van der Waals surface area contributed by atoms with Crippen molar-refractivity contribution in [2.75, 3.05) is 43.8 Å². The standard InChI is InChI=1S/C31H33BrN4O5/c1-21(37)30-33-36(23-11-6-4-7-12-23)31(35(30)24-13-10-14-25(19-24)39-2)22-17-26(32)29(27(18-22)40-3)41-20-28(38)34-15-8-5-9-16-34/h4,6-7,10-14,17-19,31H,5,8-9,15-16,20H2,1-3H3. The Labute approximate surface area is 248 Å². The fourth-order valence-corrected chi connectivity index (χ4v) is 5.74. The van der Waals surface area contributed by atoms with E-state index in [0.29, 0.717) is 21.7 Å². The highest BCUT2D eigenvalue weighted by Crippen LogP contribution is 2.44. The normalized spacial score (nSPS) is 16.8. The number of amidine groups is 1. The predicted molar refractivity (Wildman–Crippen MR) is 162 cm³/mol. The lowest BCUT2D eigenvalue weighted by molar-refractivity contribution is -0.134. The molecule has 41 heavy (non-hydrogen) atoms. The van der Waals surface area contributed by atoms with Crippen molar-refractivity contribution in [3.05, 3.63) is 76.8 Å². The molecule has 2 heterocycles. The predicted octanol–water partition coefficient (Wildman–Crippen LogP) is 5.79. The number of rotatable bonds is 9. The molecule has 3 aromatic rings. The number of hydrogen-bond donors (Lipinski definition) is 0. The van der Waals surface area contributed by atoms with Crippen LogP contribution in [0.25, 0.3) is 0 Å². The summed E-state index contributed by atoms with van der Waals surface area (Å²) < 4.78 is 17.9. The zero-order valence-electron chi connectivity index (χ0n) is 23.4. The van der Waals surface area contributed by atoms with E-state index in [0.717, 1.165) is 49.3 Å². The molecule has 0 bridgehead atoms. The molecule has 0 spiro atoms. The molecule has 0 N–H and O–H groups in total. The number of ketones is 1. The van der Waals surface area contributed by atoms with Gasteiger partial charge < -0.3 is 19.1 Å². The molecule has 1 amide bonds. The zero-order chi connectivity index (χ0) is 28.9. The Morgan fingerprint density at radius 1 is 0.927 bits per heavy atom. The summed E-state index contributed by atoms with van der Waals surface area (Å²) in [4.78, 5) is 29.5. The number of likely N-dealkylation sites (tertiary alicyclic amines) is 1. The van der Waals surface area contributed by atoms with Gasteiger partial charge in [-0.15, -0.1) is 5.10 Å². The van der Waals surface area contributed by atoms with Crippen molar-refractivity contribution in [1.29, 1.82) is 0 Å². The molecule has 2 aliphatic rings. The summed E-state index contributed by atoms with van der Waals surface area (Å²) in [6.45, 7) is 2.94. The number of ether oxygens (including phenoxy) is 3. The number of anilines is 2. The number of hydrazone groups is 1. The molecular formula is C31H33BrN4O5. The van der Waals surface area contributed by atoms with Gasteiger partial charge in [0.25, 0.3) is 5.91 Å². The molecule has 1 unspecified atom stereocenters. The number of carbonyl (C=O) groups excluding carboxylic acids is 2. The van der Waals surface area contributed by atoms with Gasteiger partial charge in [0.2, 0.25) is 0 Å². The van der Waals surface area contributed by atoms with E-state index in [1.54, 1.807) is 14.2 Å². The quantitative estimate of drug-likeness (QED) is 0.299. The first-order valence-electron chi connectivity index (χ1n) is 13.6. The lowest BCUT2D eigenvalue weighted by Crippen LogP contribution is -2.38. The van der Waals surface area contributed by atoms with Crippen LogP contribution < -0.4 is 24.1 Å². The largest absolute Gasteiger partial charge is 0.497 e. The third-order valence-corrected chi connectivity index (χ3v) is 7.76. The average Bonchev–Trinajstić information content (AvgIpc) is 3.42. The maximum absolute atomic E-state index is 12.9. The summed E-state index contributed by atoms with van der Waals surface area (Å²) in [7, 11) is 3.17. The fourth-order valence-electron chi connectivity index (χ4n) is 5.16. The number of halogens is 1. The number of amides is 1. The van der Waals surface area contributed by atoms with E-state index in [-0.39, 0.29) is 24.1 Å². The smallest absolute Gasteiger partial charge is 0.260 e. The van der Waals surface area contributed by atoms with Crippen LogP contribution >= 0.6 is 15.9 Å². The first-order chi connectivity index (χ1) is 19.9. The van der Waals surface area contributed by atoms with E-state index in [4.69, 9.17) is 19.3 Å². The van der Waals surface area contributed by atoms with Crippen molar-refractivity contribution in [3.8, 4) is 17.2 Å². The topological polar surface area (TPSA) is 83.9 Å². The van der Waals surface area contributed by atoms with Crippen molar-refractivity contribution in [1.82, 2.24) is 4.90 Å². The van der Waals surface area contributed by atoms with Gasteiger partial charge in [-0.2, -0.15) is 0 Å². The maximum Gasteiger partial charge on any atom is 0.260 e. The number of piperidine rings is 1. The van der Waals surface area contributed by atoms with Gasteiger partial charge in [-0.05, 0) is 71.6 Å². The molecule has 5 rings (SSSR count). The monoisotopic (exact) mass is 620 g/mol. The van der Waals surface area contributed by atoms with Crippen LogP contribution in [0.4, 0.5) is 11.4 Å². The van der Waals surface area contributed by atoms with Gasteiger partial charge in [-0.1, -0.05) is 24.3 Å². The molecule has 1 saturated heterocycles. The van der Waals surface area contributed by atoms with Gasteiger partial charge in [-0.3, -0.25) is 14.5 Å². The van der Waals surface area contributed by atoms with Crippen LogP contribution in [0, 0.1) is 0 Å². The van der Waals surface area contributed by atoms with E-state index >= 15 is 0 Å². The van der Waals surface area contributed by atoms with Crippen LogP contribution in [0.1, 0.15) is 37.9 Å². The summed E-state index contributed by atoms with van der Waals surface area (Å²) in [6, 6.07) is 21.0. The second kappa shape index (κ2) is 12.6. The lowest BCUT2D eigenvalue weighted by atomic mass is 10.1. The zero-order valence-corrected chi connectivity index (χ0v) is 25.0. The van der Waals surface area contributed by atoms with Crippen molar-refractivity contribution in [2.45, 2.75) is 32.4 Å². The van der Waals surface area contributed by atoms with Crippen LogP contribution in [0.5, 0.6) is 17.2 Å². The molecule has 1 atom stereocenters. The number of methoxy groups -OCH3 is 2. The summed E-state index contributed by atoms with van der Waals surface area (Å²) in [6.07, 6.45) is 2.63. The lowest BCUT2D eigenvalue weighted by Gasteiger charge is -2.32. The van der Waals surface area contributed by atoms with Crippen molar-refractivity contribution >= 4 is 44.8 Å². The van der Waals surface area contributed by atoms with Crippen LogP contribution in [0.3, 0.4) is 0 Å². The highest BCUT2D eigenvalue weighted by molar-refractivity contribution is 9.10. The third kappa shape index (κ3) is 6.02. The van der Waals surface area contributed by atoms with E-state index in [9.17, 15) is 9.59 Å². The van der Waals surface area contributed by atoms with E-state index in [2.05, 4.69) is 15.9 Å². The maximum atomic E-state index is 12.9. The Bertz CT molecular complexity index is 1440. The van der Waals surface area contributed by atoms with Gasteiger partial charge in [0.1, 0.15) is 5.75 Å². The Balaban J connectivity index is 1.55. The molecule has 0 radical (unpaired) electrons. The van der Waals surface area contributed by atoms with Crippen molar-refractivity contribution < 1.29 is 23.8 Å². The number of carbonyl (C=O) groups is 2. The van der Waals surface area contributed by atoms with Crippen LogP contribution in [0.2, 0.25) is 0 Å². The molecule has 214 valence electrons. The number of benzene rings is 3. The minimum Gasteiger partial charge on any atom is -0.497 e. The SMILES string of the molecule is COc1cccc(N2C(C(C)=O)=NN(c3ccccc3)C2c2cc(Br)c(OCC(=O)N3CCCCC3)c(OC)c2)c1. The fraction of sp³-hybridized carbons (Fsp3) is 0.323. The van der Waals surface area contributed by atoms with Crippen molar-refractivity contribution in [3.63, 3.8) is 0 Å². The van der Waals surface area contributed by atoms with Crippen LogP contribution in [0.15, 0.2) is 76.3 Å². The first kappa shape index (κ1) is 28.5. The minimum absolute atomic E-state index is 0.0440.